The number of hydrogen-bond acceptors (Lipinski definition) is 3. The van der Waals surface area contributed by atoms with Crippen molar-refractivity contribution in [1.29, 1.82) is 0 Å². The first-order chi connectivity index (χ1) is 13.2. The summed E-state index contributed by atoms with van der Waals surface area (Å²) in [5.41, 5.74) is 0.874. The fourth-order valence-electron chi connectivity index (χ4n) is 3.83. The van der Waals surface area contributed by atoms with E-state index >= 15 is 0 Å². The molecule has 1 atom stereocenters. The zero-order valence-electron chi connectivity index (χ0n) is 15.0. The third kappa shape index (κ3) is 2.69. The van der Waals surface area contributed by atoms with E-state index in [1.807, 2.05) is 0 Å². The summed E-state index contributed by atoms with van der Waals surface area (Å²) in [6.45, 7) is 5.74. The molecule has 0 radical (unpaired) electrons. The minimum atomic E-state index is -4.52. The lowest BCUT2D eigenvalue weighted by Gasteiger charge is -2.26. The Labute approximate surface area is 158 Å². The van der Waals surface area contributed by atoms with Gasteiger partial charge in [0.2, 0.25) is 5.91 Å². The molecule has 28 heavy (non-hydrogen) atoms. The summed E-state index contributed by atoms with van der Waals surface area (Å²) in [6, 6.07) is 3.65. The lowest BCUT2D eigenvalue weighted by atomic mass is 10.0. The Morgan fingerprint density at radius 1 is 1.29 bits per heavy atom. The highest BCUT2D eigenvalue weighted by atomic mass is 19.4. The van der Waals surface area contributed by atoms with E-state index in [0.29, 0.717) is 13.1 Å². The van der Waals surface area contributed by atoms with Gasteiger partial charge in [-0.1, -0.05) is 12.6 Å². The first-order valence-corrected chi connectivity index (χ1v) is 8.69. The van der Waals surface area contributed by atoms with Crippen LogP contribution in [-0.4, -0.2) is 31.4 Å². The molecule has 1 aromatic carbocycles. The number of hydrogen-bond donors (Lipinski definition) is 0. The van der Waals surface area contributed by atoms with E-state index in [4.69, 9.17) is 0 Å². The van der Waals surface area contributed by atoms with Gasteiger partial charge in [0.15, 0.2) is 0 Å². The molecule has 146 valence electrons. The Bertz CT molecular complexity index is 996. The Hall–Kier alpha value is -3.10. The molecule has 2 amide bonds. The maximum Gasteiger partial charge on any atom is 0.416 e. The molecule has 2 aliphatic rings. The van der Waals surface area contributed by atoms with E-state index in [1.165, 1.54) is 23.1 Å². The fourth-order valence-corrected chi connectivity index (χ4v) is 3.83. The number of nitrogens with zero attached hydrogens (tertiary/aromatic N) is 4. The SMILES string of the molecule is C=CC(=O)N1Cc2cnn([C@@H](C)N3Cc4c(cccc4C(F)(F)F)C3=O)c2C1. The van der Waals surface area contributed by atoms with Crippen molar-refractivity contribution in [1.82, 2.24) is 19.6 Å². The van der Waals surface area contributed by atoms with E-state index in [1.54, 1.807) is 22.7 Å². The summed E-state index contributed by atoms with van der Waals surface area (Å²) in [4.78, 5) is 27.6. The lowest BCUT2D eigenvalue weighted by Crippen LogP contribution is -2.33. The molecular formula is C19H17F3N4O2. The summed E-state index contributed by atoms with van der Waals surface area (Å²) >= 11 is 0. The van der Waals surface area contributed by atoms with Crippen molar-refractivity contribution in [3.05, 3.63) is 65.0 Å². The number of rotatable bonds is 3. The summed E-state index contributed by atoms with van der Waals surface area (Å²) in [7, 11) is 0. The van der Waals surface area contributed by atoms with Crippen LogP contribution in [0.4, 0.5) is 13.2 Å². The summed E-state index contributed by atoms with van der Waals surface area (Å²) in [6.07, 6.45) is -2.27. The second kappa shape index (κ2) is 6.22. The molecule has 4 rings (SSSR count). The summed E-state index contributed by atoms with van der Waals surface area (Å²) in [5.74, 6) is -0.676. The van der Waals surface area contributed by atoms with Gasteiger partial charge >= 0.3 is 6.18 Å². The van der Waals surface area contributed by atoms with E-state index in [-0.39, 0.29) is 23.6 Å². The molecule has 0 N–H and O–H groups in total. The normalized spacial score (nSPS) is 16.9. The van der Waals surface area contributed by atoms with Gasteiger partial charge in [-0.25, -0.2) is 4.68 Å². The highest BCUT2D eigenvalue weighted by Crippen LogP contribution is 2.39. The van der Waals surface area contributed by atoms with Gasteiger partial charge in [-0.05, 0) is 30.7 Å². The molecule has 0 aliphatic carbocycles. The van der Waals surface area contributed by atoms with Crippen molar-refractivity contribution in [2.45, 2.75) is 38.9 Å². The molecule has 0 saturated carbocycles. The topological polar surface area (TPSA) is 58.4 Å². The van der Waals surface area contributed by atoms with Crippen molar-refractivity contribution < 1.29 is 22.8 Å². The van der Waals surface area contributed by atoms with Crippen LogP contribution in [0.2, 0.25) is 0 Å². The van der Waals surface area contributed by atoms with Gasteiger partial charge in [0, 0.05) is 24.2 Å². The molecule has 6 nitrogen and oxygen atoms in total. The first-order valence-electron chi connectivity index (χ1n) is 8.69. The second-order valence-corrected chi connectivity index (χ2v) is 6.85. The predicted octanol–water partition coefficient (Wildman–Crippen LogP) is 3.10. The van der Waals surface area contributed by atoms with E-state index in [9.17, 15) is 22.8 Å². The summed E-state index contributed by atoms with van der Waals surface area (Å²) < 4.78 is 41.5. The van der Waals surface area contributed by atoms with E-state index < -0.39 is 23.8 Å². The zero-order valence-corrected chi connectivity index (χ0v) is 15.0. The maximum atomic E-state index is 13.3. The minimum Gasteiger partial charge on any atom is -0.329 e. The van der Waals surface area contributed by atoms with Gasteiger partial charge < -0.3 is 9.80 Å². The standard InChI is InChI=1S/C19H17F3N4O2/c1-3-17(27)24-8-12-7-23-26(16(12)10-24)11(2)25-9-14-13(18(25)28)5-4-6-15(14)19(20,21)22/h3-7,11H,1,8-10H2,2H3/t11-/m0/s1. The predicted molar refractivity (Wildman–Crippen MR) is 92.7 cm³/mol. The molecule has 9 heteroatoms. The largest absolute Gasteiger partial charge is 0.416 e. The Morgan fingerprint density at radius 2 is 2.04 bits per heavy atom. The average Bonchev–Trinajstić information content (AvgIpc) is 3.32. The van der Waals surface area contributed by atoms with Crippen molar-refractivity contribution in [2.75, 3.05) is 0 Å². The van der Waals surface area contributed by atoms with Gasteiger partial charge in [0.05, 0.1) is 24.0 Å². The Morgan fingerprint density at radius 3 is 2.71 bits per heavy atom. The average molecular weight is 390 g/mol. The molecular weight excluding hydrogens is 373 g/mol. The number of fused-ring (bicyclic) bond motifs is 2. The lowest BCUT2D eigenvalue weighted by molar-refractivity contribution is -0.138. The van der Waals surface area contributed by atoms with Gasteiger partial charge in [0.1, 0.15) is 6.17 Å². The molecule has 3 heterocycles. The van der Waals surface area contributed by atoms with E-state index in [2.05, 4.69) is 11.7 Å². The van der Waals surface area contributed by atoms with Gasteiger partial charge in [-0.3, -0.25) is 9.59 Å². The van der Waals surface area contributed by atoms with E-state index in [0.717, 1.165) is 17.3 Å². The molecule has 2 aromatic rings. The molecule has 0 saturated heterocycles. The number of aromatic nitrogens is 2. The van der Waals surface area contributed by atoms with Gasteiger partial charge in [-0.15, -0.1) is 0 Å². The molecule has 0 fully saturated rings. The van der Waals surface area contributed by atoms with Crippen LogP contribution in [-0.2, 0) is 30.6 Å². The third-order valence-electron chi connectivity index (χ3n) is 5.28. The van der Waals surface area contributed by atoms with Crippen LogP contribution in [0.3, 0.4) is 0 Å². The number of halogens is 3. The quantitative estimate of drug-likeness (QED) is 0.757. The monoisotopic (exact) mass is 390 g/mol. The maximum absolute atomic E-state index is 13.3. The van der Waals surface area contributed by atoms with Crippen molar-refractivity contribution in [3.63, 3.8) is 0 Å². The number of alkyl halides is 3. The van der Waals surface area contributed by atoms with Gasteiger partial charge in [0.25, 0.3) is 5.91 Å². The van der Waals surface area contributed by atoms with Crippen LogP contribution in [0.25, 0.3) is 0 Å². The molecule has 1 aromatic heterocycles. The number of amides is 2. The van der Waals surface area contributed by atoms with Crippen LogP contribution >= 0.6 is 0 Å². The molecule has 0 bridgehead atoms. The van der Waals surface area contributed by atoms with Crippen molar-refractivity contribution >= 4 is 11.8 Å². The van der Waals surface area contributed by atoms with Crippen LogP contribution in [0.5, 0.6) is 0 Å². The smallest absolute Gasteiger partial charge is 0.329 e. The van der Waals surface area contributed by atoms with Gasteiger partial charge in [-0.2, -0.15) is 18.3 Å². The molecule has 2 aliphatic heterocycles. The first kappa shape index (κ1) is 18.3. The minimum absolute atomic E-state index is 0.0147. The Balaban J connectivity index is 1.64. The van der Waals surface area contributed by atoms with Crippen molar-refractivity contribution in [3.8, 4) is 0 Å². The van der Waals surface area contributed by atoms with Crippen LogP contribution in [0, 0.1) is 0 Å². The zero-order chi connectivity index (χ0) is 20.2. The van der Waals surface area contributed by atoms with Crippen molar-refractivity contribution in [2.24, 2.45) is 0 Å². The third-order valence-corrected chi connectivity index (χ3v) is 5.28. The number of carbonyl (C=O) groups is 2. The molecule has 0 unspecified atom stereocenters. The summed E-state index contributed by atoms with van der Waals surface area (Å²) in [5, 5.41) is 4.31. The number of carbonyl (C=O) groups excluding carboxylic acids is 2. The van der Waals surface area contributed by atoms with Crippen LogP contribution in [0.15, 0.2) is 37.1 Å². The van der Waals surface area contributed by atoms with Crippen LogP contribution < -0.4 is 0 Å². The highest BCUT2D eigenvalue weighted by Gasteiger charge is 2.41. The molecule has 0 spiro atoms. The van der Waals surface area contributed by atoms with Crippen LogP contribution in [0.1, 0.15) is 45.8 Å². The second-order valence-electron chi connectivity index (χ2n) is 6.85. The Kier molecular flexibility index (Phi) is 4.06. The number of benzene rings is 1. The highest BCUT2D eigenvalue weighted by molar-refractivity contribution is 5.98. The fraction of sp³-hybridized carbons (Fsp3) is 0.316.